The van der Waals surface area contributed by atoms with Crippen molar-refractivity contribution in [2.45, 2.75) is 6.61 Å². The molecule has 0 amide bonds. The van der Waals surface area contributed by atoms with Crippen LogP contribution in [0.1, 0.15) is 10.5 Å². The van der Waals surface area contributed by atoms with Gasteiger partial charge in [-0.15, -0.1) is 0 Å². The Bertz CT molecular complexity index is 566. The average molecular weight is 253 g/mol. The second-order valence-electron chi connectivity index (χ2n) is 3.41. The largest absolute Gasteiger partial charge is 0.477 e. The maximum atomic E-state index is 12.3. The van der Waals surface area contributed by atoms with Gasteiger partial charge in [-0.1, -0.05) is 12.1 Å². The Kier molecular flexibility index (Phi) is 3.27. The number of rotatable bonds is 4. The third-order valence-electron chi connectivity index (χ3n) is 2.31. The maximum Gasteiger partial charge on any atom is 0.387 e. The number of para-hydroxylation sites is 2. The van der Waals surface area contributed by atoms with E-state index in [0.29, 0.717) is 0 Å². The van der Waals surface area contributed by atoms with Crippen LogP contribution in [0.5, 0.6) is 5.75 Å². The van der Waals surface area contributed by atoms with Gasteiger partial charge in [0.05, 0.1) is 5.69 Å². The molecule has 0 bridgehead atoms. The van der Waals surface area contributed by atoms with E-state index in [4.69, 9.17) is 5.11 Å². The predicted molar refractivity (Wildman–Crippen MR) is 59.4 cm³/mol. The fraction of sp³-hybridized carbons (Fsp3) is 0.0833. The van der Waals surface area contributed by atoms with E-state index >= 15 is 0 Å². The lowest BCUT2D eigenvalue weighted by Crippen LogP contribution is -2.09. The Hall–Kier alpha value is -2.37. The van der Waals surface area contributed by atoms with Gasteiger partial charge in [0.25, 0.3) is 0 Å². The minimum Gasteiger partial charge on any atom is -0.477 e. The normalized spacial score (nSPS) is 10.6. The van der Waals surface area contributed by atoms with E-state index in [0.717, 1.165) is 0 Å². The van der Waals surface area contributed by atoms with E-state index < -0.39 is 12.6 Å². The summed E-state index contributed by atoms with van der Waals surface area (Å²) in [5, 5.41) is 8.98. The van der Waals surface area contributed by atoms with Gasteiger partial charge in [0.2, 0.25) is 0 Å². The first-order chi connectivity index (χ1) is 8.59. The SMILES string of the molecule is O=C(O)c1cccn1-c1ccccc1OC(F)F. The molecule has 0 unspecified atom stereocenters. The van der Waals surface area contributed by atoms with Crippen LogP contribution in [0.25, 0.3) is 5.69 Å². The first-order valence-electron chi connectivity index (χ1n) is 5.04. The summed E-state index contributed by atoms with van der Waals surface area (Å²) < 4.78 is 30.1. The minimum atomic E-state index is -2.96. The van der Waals surface area contributed by atoms with Crippen molar-refractivity contribution in [2.75, 3.05) is 0 Å². The van der Waals surface area contributed by atoms with Crippen molar-refractivity contribution in [3.63, 3.8) is 0 Å². The van der Waals surface area contributed by atoms with Crippen LogP contribution in [-0.4, -0.2) is 22.3 Å². The zero-order valence-corrected chi connectivity index (χ0v) is 9.09. The molecule has 2 rings (SSSR count). The molecule has 0 aliphatic carbocycles. The standard InChI is InChI=1S/C12H9F2NO3/c13-12(14)18-10-6-2-1-4-8(10)15-7-3-5-9(15)11(16)17/h1-7,12H,(H,16,17). The molecule has 1 N–H and O–H groups in total. The summed E-state index contributed by atoms with van der Waals surface area (Å²) >= 11 is 0. The number of carbonyl (C=O) groups is 1. The number of benzene rings is 1. The number of carboxylic acid groups (broad SMARTS) is 1. The molecule has 0 spiro atoms. The number of carboxylic acids is 1. The number of aromatic carboxylic acids is 1. The molecule has 0 atom stereocenters. The van der Waals surface area contributed by atoms with Gasteiger partial charge in [-0.3, -0.25) is 0 Å². The van der Waals surface area contributed by atoms with Gasteiger partial charge in [-0.2, -0.15) is 8.78 Å². The average Bonchev–Trinajstić information content (AvgIpc) is 2.77. The molecule has 0 saturated heterocycles. The van der Waals surface area contributed by atoms with Crippen molar-refractivity contribution >= 4 is 5.97 Å². The monoisotopic (exact) mass is 253 g/mol. The second kappa shape index (κ2) is 4.87. The Morgan fingerprint density at radius 2 is 1.94 bits per heavy atom. The van der Waals surface area contributed by atoms with Gasteiger partial charge >= 0.3 is 12.6 Å². The number of alkyl halides is 2. The third kappa shape index (κ3) is 2.32. The molecule has 1 aromatic carbocycles. The molecule has 6 heteroatoms. The summed E-state index contributed by atoms with van der Waals surface area (Å²) in [7, 11) is 0. The molecule has 1 aromatic heterocycles. The van der Waals surface area contributed by atoms with Crippen molar-refractivity contribution in [1.29, 1.82) is 0 Å². The quantitative estimate of drug-likeness (QED) is 0.911. The fourth-order valence-corrected chi connectivity index (χ4v) is 1.62. The number of hydrogen-bond donors (Lipinski definition) is 1. The van der Waals surface area contributed by atoms with Crippen molar-refractivity contribution < 1.29 is 23.4 Å². The van der Waals surface area contributed by atoms with E-state index in [-0.39, 0.29) is 17.1 Å². The Morgan fingerprint density at radius 3 is 2.61 bits per heavy atom. The highest BCUT2D eigenvalue weighted by atomic mass is 19.3. The summed E-state index contributed by atoms with van der Waals surface area (Å²) in [6.07, 6.45) is 1.47. The van der Waals surface area contributed by atoms with E-state index in [9.17, 15) is 13.6 Å². The van der Waals surface area contributed by atoms with Crippen LogP contribution in [0.2, 0.25) is 0 Å². The Labute approximate surface area is 101 Å². The van der Waals surface area contributed by atoms with Crippen molar-refractivity contribution in [1.82, 2.24) is 4.57 Å². The highest BCUT2D eigenvalue weighted by Gasteiger charge is 2.15. The second-order valence-corrected chi connectivity index (χ2v) is 3.41. The van der Waals surface area contributed by atoms with Gasteiger partial charge in [-0.05, 0) is 24.3 Å². The molecular weight excluding hydrogens is 244 g/mol. The van der Waals surface area contributed by atoms with E-state index in [1.54, 1.807) is 6.07 Å². The predicted octanol–water partition coefficient (Wildman–Crippen LogP) is 2.78. The highest BCUT2D eigenvalue weighted by molar-refractivity contribution is 5.86. The summed E-state index contributed by atoms with van der Waals surface area (Å²) in [5.41, 5.74) is 0.223. The van der Waals surface area contributed by atoms with Gasteiger partial charge in [0, 0.05) is 6.20 Å². The lowest BCUT2D eigenvalue weighted by atomic mass is 10.3. The lowest BCUT2D eigenvalue weighted by molar-refractivity contribution is -0.0498. The Morgan fingerprint density at radius 1 is 1.22 bits per heavy atom. The van der Waals surface area contributed by atoms with Crippen molar-refractivity contribution in [3.8, 4) is 11.4 Å². The molecule has 18 heavy (non-hydrogen) atoms. The van der Waals surface area contributed by atoms with Crippen LogP contribution in [-0.2, 0) is 0 Å². The molecule has 0 aliphatic heterocycles. The summed E-state index contributed by atoms with van der Waals surface area (Å²) in [5.74, 6) is -1.22. The number of halogens is 2. The van der Waals surface area contributed by atoms with E-state index in [1.807, 2.05) is 0 Å². The number of ether oxygens (including phenoxy) is 1. The van der Waals surface area contributed by atoms with Crippen LogP contribution < -0.4 is 4.74 Å². The molecule has 2 aromatic rings. The number of aromatic nitrogens is 1. The van der Waals surface area contributed by atoms with Crippen LogP contribution in [0.15, 0.2) is 42.6 Å². The minimum absolute atomic E-state index is 0.0275. The lowest BCUT2D eigenvalue weighted by Gasteiger charge is -2.12. The molecule has 0 saturated carbocycles. The number of hydrogen-bond acceptors (Lipinski definition) is 2. The van der Waals surface area contributed by atoms with Crippen LogP contribution in [0.3, 0.4) is 0 Å². The summed E-state index contributed by atoms with van der Waals surface area (Å²) in [4.78, 5) is 11.0. The first kappa shape index (κ1) is 12.1. The Balaban J connectivity index is 2.50. The van der Waals surface area contributed by atoms with E-state index in [2.05, 4.69) is 4.74 Å². The van der Waals surface area contributed by atoms with Crippen LogP contribution in [0, 0.1) is 0 Å². The zero-order valence-electron chi connectivity index (χ0n) is 9.09. The summed E-state index contributed by atoms with van der Waals surface area (Å²) in [6, 6.07) is 8.89. The molecule has 0 fully saturated rings. The molecule has 0 radical (unpaired) electrons. The molecule has 94 valence electrons. The number of nitrogens with zero attached hydrogens (tertiary/aromatic N) is 1. The van der Waals surface area contributed by atoms with Crippen molar-refractivity contribution in [3.05, 3.63) is 48.3 Å². The van der Waals surface area contributed by atoms with Crippen LogP contribution >= 0.6 is 0 Å². The van der Waals surface area contributed by atoms with Gasteiger partial charge in [0.1, 0.15) is 11.4 Å². The molecule has 4 nitrogen and oxygen atoms in total. The van der Waals surface area contributed by atoms with E-state index in [1.165, 1.54) is 41.1 Å². The molecular formula is C12H9F2NO3. The zero-order chi connectivity index (χ0) is 13.1. The van der Waals surface area contributed by atoms with Gasteiger partial charge < -0.3 is 14.4 Å². The topological polar surface area (TPSA) is 51.5 Å². The summed E-state index contributed by atoms with van der Waals surface area (Å²) in [6.45, 7) is -2.96. The highest BCUT2D eigenvalue weighted by Crippen LogP contribution is 2.25. The maximum absolute atomic E-state index is 12.3. The van der Waals surface area contributed by atoms with Crippen LogP contribution in [0.4, 0.5) is 8.78 Å². The third-order valence-corrected chi connectivity index (χ3v) is 2.31. The van der Waals surface area contributed by atoms with Gasteiger partial charge in [-0.25, -0.2) is 4.79 Å². The van der Waals surface area contributed by atoms with Crippen molar-refractivity contribution in [2.24, 2.45) is 0 Å². The smallest absolute Gasteiger partial charge is 0.387 e. The van der Waals surface area contributed by atoms with Gasteiger partial charge in [0.15, 0.2) is 0 Å². The fourth-order valence-electron chi connectivity index (χ4n) is 1.62. The molecule has 0 aliphatic rings. The first-order valence-corrected chi connectivity index (χ1v) is 5.04. The molecule has 1 heterocycles.